The first-order chi connectivity index (χ1) is 16.4. The third-order valence-corrected chi connectivity index (χ3v) is 8.51. The number of hydrogen-bond acceptors (Lipinski definition) is 5. The molecule has 7 atom stereocenters. The zero-order valence-corrected chi connectivity index (χ0v) is 22.6. The fraction of sp³-hybridized carbons (Fsp3) is 0.600. The summed E-state index contributed by atoms with van der Waals surface area (Å²) < 4.78 is 17.9. The van der Waals surface area contributed by atoms with Crippen molar-refractivity contribution in [1.82, 2.24) is 0 Å². The molecule has 3 aliphatic rings. The van der Waals surface area contributed by atoms with Crippen LogP contribution in [-0.2, 0) is 23.8 Å². The number of hydrogen-bond donors (Lipinski definition) is 0. The van der Waals surface area contributed by atoms with Crippen LogP contribution in [0.2, 0.25) is 0 Å². The Labute approximate surface area is 211 Å². The van der Waals surface area contributed by atoms with Crippen LogP contribution in [0.5, 0.6) is 0 Å². The predicted octanol–water partition coefficient (Wildman–Crippen LogP) is 6.27. The maximum Gasteiger partial charge on any atom is 0.320 e. The van der Waals surface area contributed by atoms with Gasteiger partial charge < -0.3 is 14.2 Å². The number of carbonyl (C=O) groups excluding carboxylic acids is 2. The van der Waals surface area contributed by atoms with Gasteiger partial charge in [0.1, 0.15) is 11.5 Å². The minimum Gasteiger partial charge on any atom is -0.460 e. The molecule has 0 aromatic carbocycles. The zero-order valence-electron chi connectivity index (χ0n) is 22.6. The van der Waals surface area contributed by atoms with E-state index in [2.05, 4.69) is 46.8 Å². The van der Waals surface area contributed by atoms with E-state index in [-0.39, 0.29) is 29.5 Å². The lowest BCUT2D eigenvalue weighted by molar-refractivity contribution is -0.204. The van der Waals surface area contributed by atoms with E-state index in [1.54, 1.807) is 6.92 Å². The predicted molar refractivity (Wildman–Crippen MR) is 139 cm³/mol. The summed E-state index contributed by atoms with van der Waals surface area (Å²) in [6.45, 7) is 16.8. The molecule has 0 radical (unpaired) electrons. The van der Waals surface area contributed by atoms with Crippen molar-refractivity contribution in [2.45, 2.75) is 86.7 Å². The highest BCUT2D eigenvalue weighted by molar-refractivity contribution is 6.10. The highest BCUT2D eigenvalue weighted by Crippen LogP contribution is 2.60. The monoisotopic (exact) mass is 482 g/mol. The Morgan fingerprint density at radius 2 is 1.74 bits per heavy atom. The molecule has 2 aliphatic heterocycles. The van der Waals surface area contributed by atoms with E-state index in [9.17, 15) is 9.59 Å². The molecule has 1 unspecified atom stereocenters. The fourth-order valence-corrected chi connectivity index (χ4v) is 5.47. The van der Waals surface area contributed by atoms with E-state index in [4.69, 9.17) is 14.2 Å². The number of carbonyl (C=O) groups is 2. The summed E-state index contributed by atoms with van der Waals surface area (Å²) in [6.07, 6.45) is 17.5. The fourth-order valence-electron chi connectivity index (χ4n) is 5.47. The normalized spacial score (nSPS) is 39.9. The number of allylic oxidation sites excluding steroid dienone is 6. The molecule has 5 heteroatoms. The van der Waals surface area contributed by atoms with Crippen molar-refractivity contribution in [3.63, 3.8) is 0 Å². The van der Waals surface area contributed by atoms with Gasteiger partial charge in [0.15, 0.2) is 12.1 Å². The molecule has 2 fully saturated rings. The number of esters is 1. The SMILES string of the molecule is CCCCO[C@H]1O[C@H](C)C(C)=C[C@@]1(C)/C(C)=C/C=C/C=C/C=C/C1(C)[C@H]2OC(=O)[C@]1(C)C(=O)[C@@H]2C. The topological polar surface area (TPSA) is 61.8 Å². The first kappa shape index (κ1) is 27.3. The van der Waals surface area contributed by atoms with Gasteiger partial charge in [-0.3, -0.25) is 9.59 Å². The largest absolute Gasteiger partial charge is 0.460 e. The van der Waals surface area contributed by atoms with Gasteiger partial charge in [0.25, 0.3) is 0 Å². The molecule has 3 rings (SSSR count). The minimum absolute atomic E-state index is 0.0220. The van der Waals surface area contributed by atoms with Crippen LogP contribution in [0.4, 0.5) is 0 Å². The van der Waals surface area contributed by atoms with Crippen molar-refractivity contribution in [1.29, 1.82) is 0 Å². The Morgan fingerprint density at radius 1 is 1.09 bits per heavy atom. The van der Waals surface area contributed by atoms with Gasteiger partial charge in [0.2, 0.25) is 0 Å². The Bertz CT molecular complexity index is 985. The smallest absolute Gasteiger partial charge is 0.320 e. The van der Waals surface area contributed by atoms with Crippen molar-refractivity contribution in [3.05, 3.63) is 59.8 Å². The molecule has 1 aliphatic carbocycles. The molecule has 0 amide bonds. The maximum absolute atomic E-state index is 12.7. The standard InChI is InChI=1S/C30H42O5/c1-9-10-18-33-27-28(6,19-20(2)23(5)34-27)21(3)16-14-12-11-13-15-17-29(7)25-22(4)24(31)30(29,8)26(32)35-25/h11-17,19,22-23,25,27H,9-10,18H2,1-8H3/b13-11+,14-12+,17-15+,21-16+/t22-,23+,25-,27-,28-,29?,30-/m0/s1. The van der Waals surface area contributed by atoms with Crippen LogP contribution in [0, 0.1) is 22.2 Å². The summed E-state index contributed by atoms with van der Waals surface area (Å²) in [6, 6.07) is 0. The highest BCUT2D eigenvalue weighted by atomic mass is 16.7. The van der Waals surface area contributed by atoms with Crippen LogP contribution in [0.3, 0.4) is 0 Å². The van der Waals surface area contributed by atoms with Crippen LogP contribution < -0.4 is 0 Å². The third kappa shape index (κ3) is 4.65. The molecule has 0 aromatic rings. The second-order valence-electron chi connectivity index (χ2n) is 10.9. The van der Waals surface area contributed by atoms with Crippen molar-refractivity contribution < 1.29 is 23.8 Å². The molecular weight excluding hydrogens is 440 g/mol. The lowest BCUT2D eigenvalue weighted by Gasteiger charge is -2.42. The molecule has 2 heterocycles. The second-order valence-corrected chi connectivity index (χ2v) is 10.9. The van der Waals surface area contributed by atoms with Crippen molar-refractivity contribution in [2.75, 3.05) is 6.61 Å². The van der Waals surface area contributed by atoms with E-state index in [1.165, 1.54) is 5.57 Å². The summed E-state index contributed by atoms with van der Waals surface area (Å²) in [5, 5.41) is 0. The molecule has 2 bridgehead atoms. The Morgan fingerprint density at radius 3 is 2.40 bits per heavy atom. The molecule has 192 valence electrons. The quantitative estimate of drug-likeness (QED) is 0.127. The summed E-state index contributed by atoms with van der Waals surface area (Å²) in [5.74, 6) is -0.700. The Kier molecular flexibility index (Phi) is 8.12. The summed E-state index contributed by atoms with van der Waals surface area (Å²) in [4.78, 5) is 25.0. The van der Waals surface area contributed by atoms with E-state index < -0.39 is 22.9 Å². The van der Waals surface area contributed by atoms with Crippen LogP contribution >= 0.6 is 0 Å². The molecule has 1 saturated carbocycles. The average molecular weight is 483 g/mol. The maximum atomic E-state index is 12.7. The Hall–Kier alpha value is -2.24. The van der Waals surface area contributed by atoms with Gasteiger partial charge in [-0.25, -0.2) is 0 Å². The van der Waals surface area contributed by atoms with Gasteiger partial charge in [-0.2, -0.15) is 0 Å². The first-order valence-corrected chi connectivity index (χ1v) is 12.8. The molecular formula is C30H42O5. The highest BCUT2D eigenvalue weighted by Gasteiger charge is 2.73. The van der Waals surface area contributed by atoms with Crippen LogP contribution in [0.25, 0.3) is 0 Å². The summed E-state index contributed by atoms with van der Waals surface area (Å²) in [7, 11) is 0. The number of ketones is 1. The second kappa shape index (κ2) is 10.4. The number of rotatable bonds is 9. The lowest BCUT2D eigenvalue weighted by atomic mass is 9.68. The molecule has 0 aromatic heterocycles. The zero-order chi connectivity index (χ0) is 26.0. The van der Waals surface area contributed by atoms with Gasteiger partial charge in [0.05, 0.1) is 17.4 Å². The summed E-state index contributed by atoms with van der Waals surface area (Å²) >= 11 is 0. The van der Waals surface area contributed by atoms with Gasteiger partial charge in [-0.05, 0) is 46.6 Å². The van der Waals surface area contributed by atoms with Crippen molar-refractivity contribution >= 4 is 11.8 Å². The Balaban J connectivity index is 1.68. The van der Waals surface area contributed by atoms with Crippen molar-refractivity contribution in [2.24, 2.45) is 22.2 Å². The molecule has 5 nitrogen and oxygen atoms in total. The molecule has 35 heavy (non-hydrogen) atoms. The molecule has 0 N–H and O–H groups in total. The van der Waals surface area contributed by atoms with E-state index in [0.29, 0.717) is 6.61 Å². The number of ether oxygens (including phenoxy) is 3. The van der Waals surface area contributed by atoms with Gasteiger partial charge in [-0.1, -0.05) is 81.4 Å². The lowest BCUT2D eigenvalue weighted by Crippen LogP contribution is -2.43. The number of Topliss-reactive ketones (excluding diaryl/α,β-unsaturated/α-hetero) is 1. The van der Waals surface area contributed by atoms with Gasteiger partial charge >= 0.3 is 5.97 Å². The van der Waals surface area contributed by atoms with Crippen LogP contribution in [0.1, 0.15) is 68.2 Å². The average Bonchev–Trinajstić information content (AvgIpc) is 3.09. The van der Waals surface area contributed by atoms with E-state index in [1.807, 2.05) is 50.3 Å². The minimum atomic E-state index is -1.10. The van der Waals surface area contributed by atoms with Crippen molar-refractivity contribution in [3.8, 4) is 0 Å². The van der Waals surface area contributed by atoms with Crippen LogP contribution in [0.15, 0.2) is 59.8 Å². The van der Waals surface area contributed by atoms with Gasteiger partial charge in [0, 0.05) is 12.0 Å². The number of fused-ring (bicyclic) bond motifs is 2. The third-order valence-electron chi connectivity index (χ3n) is 8.51. The van der Waals surface area contributed by atoms with Crippen LogP contribution in [-0.4, -0.2) is 36.9 Å². The molecule has 0 spiro atoms. The molecule has 1 saturated heterocycles. The van der Waals surface area contributed by atoms with E-state index >= 15 is 0 Å². The van der Waals surface area contributed by atoms with Gasteiger partial charge in [-0.15, -0.1) is 0 Å². The first-order valence-electron chi connectivity index (χ1n) is 12.8. The number of unbranched alkanes of at least 4 members (excludes halogenated alkanes) is 1. The van der Waals surface area contributed by atoms with E-state index in [0.717, 1.165) is 18.4 Å². The summed E-state index contributed by atoms with van der Waals surface area (Å²) in [5.41, 5.74) is 0.307.